The van der Waals surface area contributed by atoms with Gasteiger partial charge in [-0.05, 0) is 57.5 Å². The Morgan fingerprint density at radius 2 is 1.88 bits per heavy atom. The third-order valence-electron chi connectivity index (χ3n) is 3.81. The molecule has 1 unspecified atom stereocenters. The van der Waals surface area contributed by atoms with Gasteiger partial charge >= 0.3 is 0 Å². The minimum atomic E-state index is -0.350. The quantitative estimate of drug-likeness (QED) is 0.366. The summed E-state index contributed by atoms with van der Waals surface area (Å²) in [4.78, 5) is 23.9. The molecule has 0 aliphatic rings. The summed E-state index contributed by atoms with van der Waals surface area (Å²) in [5.74, 6) is -0.211. The average molecular weight is 351 g/mol. The molecule has 1 amide bonds. The molecule has 1 aromatic carbocycles. The van der Waals surface area contributed by atoms with Crippen molar-refractivity contribution < 1.29 is 14.7 Å². The Bertz CT molecular complexity index is 490. The van der Waals surface area contributed by atoms with E-state index in [1.165, 1.54) is 0 Å². The maximum absolute atomic E-state index is 11.8. The van der Waals surface area contributed by atoms with E-state index in [1.807, 2.05) is 51.0 Å². The molecule has 0 fully saturated rings. The molecular weight excluding hydrogens is 316 g/mol. The van der Waals surface area contributed by atoms with Gasteiger partial charge in [-0.25, -0.2) is 0 Å². The van der Waals surface area contributed by atoms with Crippen LogP contribution in [0.5, 0.6) is 0 Å². The number of aryl methyl sites for hydroxylation is 1. The Hall–Kier alpha value is -1.72. The Labute approximate surface area is 152 Å². The van der Waals surface area contributed by atoms with Gasteiger partial charge in [-0.3, -0.25) is 9.69 Å². The van der Waals surface area contributed by atoms with Crippen LogP contribution in [-0.2, 0) is 11.2 Å². The number of nitrogens with zero attached hydrogens (tertiary/aromatic N) is 1. The van der Waals surface area contributed by atoms with Crippen molar-refractivity contribution in [2.45, 2.75) is 58.6 Å². The van der Waals surface area contributed by atoms with Gasteiger partial charge in [0.15, 0.2) is 0 Å². The highest BCUT2D eigenvalue weighted by atomic mass is 16.3. The number of nitrogens with one attached hydrogen (secondary N) is 1. The third-order valence-corrected chi connectivity index (χ3v) is 3.81. The molecule has 0 aliphatic carbocycles. The molecule has 0 spiro atoms. The third kappa shape index (κ3) is 10.7. The molecule has 25 heavy (non-hydrogen) atoms. The number of aliphatic hydroxyl groups is 1. The second kappa shape index (κ2) is 14.6. The molecule has 1 aromatic rings. The topological polar surface area (TPSA) is 69.6 Å². The Morgan fingerprint density at radius 1 is 1.20 bits per heavy atom. The van der Waals surface area contributed by atoms with Gasteiger partial charge < -0.3 is 15.2 Å². The first-order chi connectivity index (χ1) is 12.0. The SMILES string of the molecule is CC.CN(C)C(O)CCCCCCc1cccc(C(=O)NCC=O)c1. The maximum atomic E-state index is 11.8. The predicted octanol–water partition coefficient (Wildman–Crippen LogP) is 3.01. The molecule has 0 heterocycles. The molecule has 2 N–H and O–H groups in total. The standard InChI is InChI=1S/C18H28N2O3.C2H6/c1-20(2)17(22)11-6-4-3-5-8-15-9-7-10-16(14-15)18(23)19-12-13-21;1-2/h7,9-10,13-14,17,22H,3-6,8,11-12H2,1-2H3,(H,19,23);1-2H3. The van der Waals surface area contributed by atoms with Gasteiger partial charge in [-0.2, -0.15) is 0 Å². The molecule has 0 aromatic heterocycles. The molecule has 0 aliphatic heterocycles. The van der Waals surface area contributed by atoms with Crippen LogP contribution in [0.2, 0.25) is 0 Å². The van der Waals surface area contributed by atoms with Gasteiger partial charge in [-0.15, -0.1) is 0 Å². The molecule has 0 saturated heterocycles. The predicted molar refractivity (Wildman–Crippen MR) is 103 cm³/mol. The molecule has 0 bridgehead atoms. The Balaban J connectivity index is 0.00000277. The van der Waals surface area contributed by atoms with Crippen molar-refractivity contribution >= 4 is 12.2 Å². The van der Waals surface area contributed by atoms with Crippen molar-refractivity contribution in [3.8, 4) is 0 Å². The van der Waals surface area contributed by atoms with Crippen molar-refractivity contribution in [1.82, 2.24) is 10.2 Å². The highest BCUT2D eigenvalue weighted by Gasteiger charge is 2.06. The zero-order chi connectivity index (χ0) is 19.1. The first-order valence-corrected chi connectivity index (χ1v) is 9.20. The van der Waals surface area contributed by atoms with Crippen molar-refractivity contribution in [2.24, 2.45) is 0 Å². The summed E-state index contributed by atoms with van der Waals surface area (Å²) < 4.78 is 0. The number of hydrogen-bond acceptors (Lipinski definition) is 4. The van der Waals surface area contributed by atoms with Gasteiger partial charge in [0.1, 0.15) is 12.5 Å². The number of hydrogen-bond donors (Lipinski definition) is 2. The van der Waals surface area contributed by atoms with Crippen molar-refractivity contribution in [2.75, 3.05) is 20.6 Å². The van der Waals surface area contributed by atoms with Crippen molar-refractivity contribution in [3.63, 3.8) is 0 Å². The smallest absolute Gasteiger partial charge is 0.251 e. The zero-order valence-electron chi connectivity index (χ0n) is 16.1. The van der Waals surface area contributed by atoms with E-state index < -0.39 is 0 Å². The molecular formula is C20H34N2O3. The monoisotopic (exact) mass is 350 g/mol. The van der Waals surface area contributed by atoms with Gasteiger partial charge in [0.05, 0.1) is 6.54 Å². The fourth-order valence-corrected chi connectivity index (χ4v) is 2.37. The van der Waals surface area contributed by atoms with Crippen molar-refractivity contribution in [3.05, 3.63) is 35.4 Å². The summed E-state index contributed by atoms with van der Waals surface area (Å²) in [7, 11) is 3.76. The lowest BCUT2D eigenvalue weighted by Crippen LogP contribution is -2.27. The van der Waals surface area contributed by atoms with E-state index >= 15 is 0 Å². The summed E-state index contributed by atoms with van der Waals surface area (Å²) in [6, 6.07) is 7.53. The highest BCUT2D eigenvalue weighted by molar-refractivity contribution is 5.95. The van der Waals surface area contributed by atoms with E-state index in [1.54, 1.807) is 6.07 Å². The summed E-state index contributed by atoms with van der Waals surface area (Å²) in [6.45, 7) is 4.04. The fraction of sp³-hybridized carbons (Fsp3) is 0.600. The highest BCUT2D eigenvalue weighted by Crippen LogP contribution is 2.12. The minimum Gasteiger partial charge on any atom is -0.378 e. The van der Waals surface area contributed by atoms with Crippen LogP contribution < -0.4 is 5.32 Å². The lowest BCUT2D eigenvalue weighted by atomic mass is 10.0. The van der Waals surface area contributed by atoms with E-state index in [4.69, 9.17) is 0 Å². The van der Waals surface area contributed by atoms with Crippen LogP contribution in [0.1, 0.15) is 61.9 Å². The number of unbranched alkanes of at least 4 members (excludes halogenated alkanes) is 3. The summed E-state index contributed by atoms with van der Waals surface area (Å²) in [5, 5.41) is 12.2. The minimum absolute atomic E-state index is 0.0435. The maximum Gasteiger partial charge on any atom is 0.251 e. The summed E-state index contributed by atoms with van der Waals surface area (Å²) >= 11 is 0. The van der Waals surface area contributed by atoms with E-state index in [0.717, 1.165) is 44.1 Å². The normalized spacial score (nSPS) is 11.4. The molecule has 1 rings (SSSR count). The largest absolute Gasteiger partial charge is 0.378 e. The second-order valence-electron chi connectivity index (χ2n) is 5.97. The molecule has 0 saturated carbocycles. The van der Waals surface area contributed by atoms with E-state index in [-0.39, 0.29) is 18.7 Å². The number of carbonyl (C=O) groups is 2. The molecule has 142 valence electrons. The average Bonchev–Trinajstić information content (AvgIpc) is 2.64. The zero-order valence-corrected chi connectivity index (χ0v) is 16.1. The van der Waals surface area contributed by atoms with Crippen LogP contribution in [0.15, 0.2) is 24.3 Å². The van der Waals surface area contributed by atoms with Crippen LogP contribution in [0.4, 0.5) is 0 Å². The van der Waals surface area contributed by atoms with Crippen LogP contribution >= 0.6 is 0 Å². The van der Waals surface area contributed by atoms with Crippen LogP contribution in [0.3, 0.4) is 0 Å². The van der Waals surface area contributed by atoms with Gasteiger partial charge in [-0.1, -0.05) is 38.8 Å². The number of aldehydes is 1. The number of aliphatic hydroxyl groups excluding tert-OH is 1. The first-order valence-electron chi connectivity index (χ1n) is 9.20. The Kier molecular flexibility index (Phi) is 13.6. The van der Waals surface area contributed by atoms with E-state index in [0.29, 0.717) is 11.8 Å². The van der Waals surface area contributed by atoms with Crippen LogP contribution in [-0.4, -0.2) is 49.1 Å². The molecule has 5 heteroatoms. The van der Waals surface area contributed by atoms with Gasteiger partial charge in [0.25, 0.3) is 5.91 Å². The first kappa shape index (κ1) is 23.3. The van der Waals surface area contributed by atoms with E-state index in [9.17, 15) is 14.7 Å². The Morgan fingerprint density at radius 3 is 2.52 bits per heavy atom. The fourth-order valence-electron chi connectivity index (χ4n) is 2.37. The van der Waals surface area contributed by atoms with E-state index in [2.05, 4.69) is 5.32 Å². The van der Waals surface area contributed by atoms with Crippen LogP contribution in [0.25, 0.3) is 0 Å². The molecule has 5 nitrogen and oxygen atoms in total. The lowest BCUT2D eigenvalue weighted by Gasteiger charge is -2.17. The number of rotatable bonds is 11. The molecule has 1 atom stereocenters. The van der Waals surface area contributed by atoms with Crippen molar-refractivity contribution in [1.29, 1.82) is 0 Å². The molecule has 0 radical (unpaired) electrons. The lowest BCUT2D eigenvalue weighted by molar-refractivity contribution is -0.107. The second-order valence-corrected chi connectivity index (χ2v) is 5.97. The number of benzene rings is 1. The summed E-state index contributed by atoms with van der Waals surface area (Å²) in [6.07, 6.45) is 6.37. The number of carbonyl (C=O) groups excluding carboxylic acids is 2. The van der Waals surface area contributed by atoms with Gasteiger partial charge in [0.2, 0.25) is 0 Å². The number of amides is 1. The van der Waals surface area contributed by atoms with Crippen LogP contribution in [0, 0.1) is 0 Å². The van der Waals surface area contributed by atoms with Gasteiger partial charge in [0, 0.05) is 5.56 Å². The summed E-state index contributed by atoms with van der Waals surface area (Å²) in [5.41, 5.74) is 1.73.